The Labute approximate surface area is 181 Å². The minimum Gasteiger partial charge on any atom is -0.399 e. The molecule has 4 rings (SSSR count). The number of para-hydroxylation sites is 1. The third kappa shape index (κ3) is 4.70. The van der Waals surface area contributed by atoms with E-state index in [1.165, 1.54) is 5.56 Å². The van der Waals surface area contributed by atoms with Gasteiger partial charge in [-0.25, -0.2) is 10.1 Å². The van der Waals surface area contributed by atoms with Crippen molar-refractivity contribution in [2.24, 2.45) is 5.10 Å². The van der Waals surface area contributed by atoms with Crippen LogP contribution in [0.15, 0.2) is 90.2 Å². The molecule has 1 aromatic heterocycles. The van der Waals surface area contributed by atoms with Crippen LogP contribution < -0.4 is 11.2 Å². The van der Waals surface area contributed by atoms with Crippen molar-refractivity contribution in [3.63, 3.8) is 0 Å². The highest BCUT2D eigenvalue weighted by Crippen LogP contribution is 2.23. The Morgan fingerprint density at radius 1 is 1.03 bits per heavy atom. The molecule has 3 N–H and O–H groups in total. The lowest BCUT2D eigenvalue weighted by Gasteiger charge is -2.02. The molecular weight excluding hydrogens is 386 g/mol. The van der Waals surface area contributed by atoms with Crippen LogP contribution in [0.25, 0.3) is 16.9 Å². The maximum atomic E-state index is 12.3. The first-order valence-corrected chi connectivity index (χ1v) is 10.1. The molecule has 0 saturated carbocycles. The van der Waals surface area contributed by atoms with Gasteiger partial charge in [0.15, 0.2) is 0 Å². The fourth-order valence-electron chi connectivity index (χ4n) is 3.18. The van der Waals surface area contributed by atoms with Gasteiger partial charge in [0, 0.05) is 28.6 Å². The van der Waals surface area contributed by atoms with Crippen molar-refractivity contribution >= 4 is 17.8 Å². The first kappa shape index (κ1) is 20.1. The molecule has 0 fully saturated rings. The third-order valence-corrected chi connectivity index (χ3v) is 4.94. The number of aromatic nitrogens is 2. The summed E-state index contributed by atoms with van der Waals surface area (Å²) < 4.78 is 1.81. The standard InChI is InChI=1S/C25H23N5O/c1-2-18-8-10-19(11-9-18)24-21(17-30(29-24)23-6-4-3-5-7-23)16-27-28-25(31)20-12-14-22(26)15-13-20/h3-17H,2,26H2,1H3,(H,28,31)/b27-16-. The molecule has 154 valence electrons. The first-order chi connectivity index (χ1) is 15.1. The number of amides is 1. The summed E-state index contributed by atoms with van der Waals surface area (Å²) in [4.78, 5) is 12.3. The van der Waals surface area contributed by atoms with E-state index in [0.29, 0.717) is 11.3 Å². The van der Waals surface area contributed by atoms with E-state index in [0.717, 1.165) is 28.9 Å². The second kappa shape index (κ2) is 9.09. The minimum atomic E-state index is -0.305. The van der Waals surface area contributed by atoms with E-state index < -0.39 is 0 Å². The Bertz CT molecular complexity index is 1190. The molecule has 0 atom stereocenters. The van der Waals surface area contributed by atoms with Crippen LogP contribution in [0.2, 0.25) is 0 Å². The van der Waals surface area contributed by atoms with Gasteiger partial charge in [0.2, 0.25) is 0 Å². The molecule has 0 unspecified atom stereocenters. The summed E-state index contributed by atoms with van der Waals surface area (Å²) >= 11 is 0. The molecule has 0 aliphatic rings. The number of aryl methyl sites for hydroxylation is 1. The Balaban J connectivity index is 1.63. The maximum Gasteiger partial charge on any atom is 0.271 e. The van der Waals surface area contributed by atoms with Crippen molar-refractivity contribution in [2.45, 2.75) is 13.3 Å². The zero-order valence-electron chi connectivity index (χ0n) is 17.2. The van der Waals surface area contributed by atoms with E-state index in [1.807, 2.05) is 41.2 Å². The number of nitrogens with two attached hydrogens (primary N) is 1. The number of carbonyl (C=O) groups excluding carboxylic acids is 1. The van der Waals surface area contributed by atoms with Crippen LogP contribution in [0, 0.1) is 0 Å². The first-order valence-electron chi connectivity index (χ1n) is 10.1. The second-order valence-corrected chi connectivity index (χ2v) is 7.08. The highest BCUT2D eigenvalue weighted by Gasteiger charge is 2.11. The molecule has 0 saturated heterocycles. The molecule has 6 nitrogen and oxygen atoms in total. The fourth-order valence-corrected chi connectivity index (χ4v) is 3.18. The molecule has 1 heterocycles. The molecule has 1 amide bonds. The number of carbonyl (C=O) groups is 1. The van der Waals surface area contributed by atoms with Crippen molar-refractivity contribution in [1.82, 2.24) is 15.2 Å². The number of benzene rings is 3. The Hall–Kier alpha value is -4.19. The van der Waals surface area contributed by atoms with Gasteiger partial charge in [-0.1, -0.05) is 49.4 Å². The van der Waals surface area contributed by atoms with Gasteiger partial charge in [0.25, 0.3) is 5.91 Å². The van der Waals surface area contributed by atoms with Gasteiger partial charge in [-0.3, -0.25) is 4.79 Å². The lowest BCUT2D eigenvalue weighted by molar-refractivity contribution is 0.0955. The summed E-state index contributed by atoms with van der Waals surface area (Å²) in [6.07, 6.45) is 4.49. The summed E-state index contributed by atoms with van der Waals surface area (Å²) in [6, 6.07) is 24.9. The van der Waals surface area contributed by atoms with E-state index in [1.54, 1.807) is 30.5 Å². The lowest BCUT2D eigenvalue weighted by atomic mass is 10.1. The van der Waals surface area contributed by atoms with Crippen LogP contribution in [-0.2, 0) is 6.42 Å². The molecule has 6 heteroatoms. The number of rotatable bonds is 6. The molecule has 0 aliphatic heterocycles. The van der Waals surface area contributed by atoms with E-state index >= 15 is 0 Å². The van der Waals surface area contributed by atoms with Crippen molar-refractivity contribution in [2.75, 3.05) is 5.73 Å². The van der Waals surface area contributed by atoms with Crippen molar-refractivity contribution in [3.8, 4) is 16.9 Å². The summed E-state index contributed by atoms with van der Waals surface area (Å²) in [5, 5.41) is 8.93. The Morgan fingerprint density at radius 2 is 1.74 bits per heavy atom. The molecule has 0 radical (unpaired) electrons. The minimum absolute atomic E-state index is 0.305. The predicted octanol–water partition coefficient (Wildman–Crippen LogP) is 4.45. The largest absolute Gasteiger partial charge is 0.399 e. The summed E-state index contributed by atoms with van der Waals surface area (Å²) in [7, 11) is 0. The number of anilines is 1. The molecule has 0 aliphatic carbocycles. The van der Waals surface area contributed by atoms with Gasteiger partial charge in [0.05, 0.1) is 11.9 Å². The van der Waals surface area contributed by atoms with Crippen LogP contribution >= 0.6 is 0 Å². The number of hydrogen-bond acceptors (Lipinski definition) is 4. The predicted molar refractivity (Wildman–Crippen MR) is 124 cm³/mol. The molecular formula is C25H23N5O. The number of nitrogens with one attached hydrogen (secondary N) is 1. The maximum absolute atomic E-state index is 12.3. The SMILES string of the molecule is CCc1ccc(-c2nn(-c3ccccc3)cc2/C=N\NC(=O)c2ccc(N)cc2)cc1. The van der Waals surface area contributed by atoms with Gasteiger partial charge in [0.1, 0.15) is 5.69 Å². The van der Waals surface area contributed by atoms with Gasteiger partial charge >= 0.3 is 0 Å². The van der Waals surface area contributed by atoms with Gasteiger partial charge in [-0.05, 0) is 48.4 Å². The number of hydrazone groups is 1. The molecule has 31 heavy (non-hydrogen) atoms. The smallest absolute Gasteiger partial charge is 0.271 e. The zero-order chi connectivity index (χ0) is 21.6. The number of nitrogen functional groups attached to an aromatic ring is 1. The lowest BCUT2D eigenvalue weighted by Crippen LogP contribution is -2.17. The normalized spacial score (nSPS) is 11.0. The average molecular weight is 409 g/mol. The van der Waals surface area contributed by atoms with E-state index in [4.69, 9.17) is 10.8 Å². The van der Waals surface area contributed by atoms with Gasteiger partial charge < -0.3 is 5.73 Å². The van der Waals surface area contributed by atoms with Crippen LogP contribution in [0.4, 0.5) is 5.69 Å². The molecule has 0 spiro atoms. The highest BCUT2D eigenvalue weighted by atomic mass is 16.2. The summed E-state index contributed by atoms with van der Waals surface area (Å²) in [5.74, 6) is -0.305. The quantitative estimate of drug-likeness (QED) is 0.280. The molecule has 4 aromatic rings. The Morgan fingerprint density at radius 3 is 2.42 bits per heavy atom. The fraction of sp³-hybridized carbons (Fsp3) is 0.0800. The Kier molecular flexibility index (Phi) is 5.89. The van der Waals surface area contributed by atoms with Crippen LogP contribution in [-0.4, -0.2) is 21.9 Å². The van der Waals surface area contributed by atoms with Gasteiger partial charge in [-0.15, -0.1) is 0 Å². The van der Waals surface area contributed by atoms with Crippen molar-refractivity contribution in [3.05, 3.63) is 102 Å². The van der Waals surface area contributed by atoms with Crippen molar-refractivity contribution in [1.29, 1.82) is 0 Å². The number of hydrogen-bond donors (Lipinski definition) is 2. The summed E-state index contributed by atoms with van der Waals surface area (Å²) in [5.41, 5.74) is 14.1. The monoisotopic (exact) mass is 409 g/mol. The second-order valence-electron chi connectivity index (χ2n) is 7.08. The molecule has 3 aromatic carbocycles. The van der Waals surface area contributed by atoms with Crippen molar-refractivity contribution < 1.29 is 4.79 Å². The third-order valence-electron chi connectivity index (χ3n) is 4.94. The summed E-state index contributed by atoms with van der Waals surface area (Å²) in [6.45, 7) is 2.13. The van der Waals surface area contributed by atoms with E-state index in [2.05, 4.69) is 41.7 Å². The number of nitrogens with zero attached hydrogens (tertiary/aromatic N) is 3. The van der Waals surface area contributed by atoms with Crippen LogP contribution in [0.5, 0.6) is 0 Å². The van der Waals surface area contributed by atoms with Crippen LogP contribution in [0.1, 0.15) is 28.4 Å². The van der Waals surface area contributed by atoms with E-state index in [-0.39, 0.29) is 5.91 Å². The average Bonchev–Trinajstić information content (AvgIpc) is 3.24. The van der Waals surface area contributed by atoms with E-state index in [9.17, 15) is 4.79 Å². The van der Waals surface area contributed by atoms with Crippen LogP contribution in [0.3, 0.4) is 0 Å². The highest BCUT2D eigenvalue weighted by molar-refractivity contribution is 5.96. The topological polar surface area (TPSA) is 85.3 Å². The zero-order valence-corrected chi connectivity index (χ0v) is 17.2. The van der Waals surface area contributed by atoms with Gasteiger partial charge in [-0.2, -0.15) is 10.2 Å². The molecule has 0 bridgehead atoms.